The van der Waals surface area contributed by atoms with Crippen LogP contribution in [0.15, 0.2) is 18.2 Å². The van der Waals surface area contributed by atoms with Crippen molar-refractivity contribution in [3.8, 4) is 11.5 Å². The van der Waals surface area contributed by atoms with Crippen LogP contribution in [0.4, 0.5) is 5.69 Å². The molecule has 0 spiro atoms. The fourth-order valence-electron chi connectivity index (χ4n) is 3.34. The highest BCUT2D eigenvalue weighted by Gasteiger charge is 2.30. The third-order valence-electron chi connectivity index (χ3n) is 4.96. The quantitative estimate of drug-likeness (QED) is 0.645. The number of ether oxygens (including phenoxy) is 3. The second-order valence-corrected chi connectivity index (χ2v) is 6.74. The minimum Gasteiger partial charge on any atom is -0.497 e. The van der Waals surface area contributed by atoms with Crippen molar-refractivity contribution >= 4 is 17.5 Å². The lowest BCUT2D eigenvalue weighted by atomic mass is 9.81. The van der Waals surface area contributed by atoms with Gasteiger partial charge in [0.2, 0.25) is 11.8 Å². The van der Waals surface area contributed by atoms with E-state index in [1.165, 1.54) is 0 Å². The number of hydrogen-bond donors (Lipinski definition) is 2. The number of anilines is 1. The molecular formula is C20H30N2O5. The van der Waals surface area contributed by atoms with Gasteiger partial charge in [0, 0.05) is 38.2 Å². The molecule has 0 aromatic heterocycles. The number of benzene rings is 1. The summed E-state index contributed by atoms with van der Waals surface area (Å²) < 4.78 is 15.5. The largest absolute Gasteiger partial charge is 0.497 e. The highest BCUT2D eigenvalue weighted by molar-refractivity contribution is 5.94. The van der Waals surface area contributed by atoms with E-state index in [1.54, 1.807) is 39.5 Å². The molecule has 2 amide bonds. The van der Waals surface area contributed by atoms with Gasteiger partial charge in [0.15, 0.2) is 0 Å². The third kappa shape index (κ3) is 6.13. The summed E-state index contributed by atoms with van der Waals surface area (Å²) in [6, 6.07) is 5.29. The molecule has 1 aromatic rings. The third-order valence-corrected chi connectivity index (χ3v) is 4.96. The predicted octanol–water partition coefficient (Wildman–Crippen LogP) is 2.60. The Bertz CT molecular complexity index is 627. The highest BCUT2D eigenvalue weighted by Crippen LogP contribution is 2.33. The van der Waals surface area contributed by atoms with Gasteiger partial charge in [0.05, 0.1) is 19.9 Å². The monoisotopic (exact) mass is 378 g/mol. The zero-order chi connectivity index (χ0) is 19.6. The Kier molecular flexibility index (Phi) is 8.39. The summed E-state index contributed by atoms with van der Waals surface area (Å²) in [4.78, 5) is 24.8. The summed E-state index contributed by atoms with van der Waals surface area (Å²) in [7, 11) is 4.79. The molecule has 2 rings (SSSR count). The molecule has 0 radical (unpaired) electrons. The molecule has 0 heterocycles. The lowest BCUT2D eigenvalue weighted by molar-refractivity contribution is -0.128. The van der Waals surface area contributed by atoms with Gasteiger partial charge >= 0.3 is 0 Å². The van der Waals surface area contributed by atoms with Crippen molar-refractivity contribution in [1.29, 1.82) is 0 Å². The van der Waals surface area contributed by atoms with Gasteiger partial charge in [0.1, 0.15) is 11.5 Å². The van der Waals surface area contributed by atoms with Crippen molar-refractivity contribution in [2.24, 2.45) is 11.8 Å². The van der Waals surface area contributed by atoms with Crippen molar-refractivity contribution in [3.05, 3.63) is 18.2 Å². The maximum atomic E-state index is 12.6. The molecule has 27 heavy (non-hydrogen) atoms. The average Bonchev–Trinajstić information content (AvgIpc) is 2.71. The van der Waals surface area contributed by atoms with Gasteiger partial charge in [-0.2, -0.15) is 0 Å². The number of carbonyl (C=O) groups excluding carboxylic acids is 2. The van der Waals surface area contributed by atoms with Crippen LogP contribution >= 0.6 is 0 Å². The van der Waals surface area contributed by atoms with Crippen LogP contribution in [0.5, 0.6) is 11.5 Å². The van der Waals surface area contributed by atoms with E-state index in [0.29, 0.717) is 43.2 Å². The first-order valence-electron chi connectivity index (χ1n) is 9.38. The van der Waals surface area contributed by atoms with Crippen LogP contribution in [-0.2, 0) is 14.3 Å². The molecule has 7 nitrogen and oxygen atoms in total. The van der Waals surface area contributed by atoms with Crippen molar-refractivity contribution < 1.29 is 23.8 Å². The fraction of sp³-hybridized carbons (Fsp3) is 0.600. The second-order valence-electron chi connectivity index (χ2n) is 6.74. The van der Waals surface area contributed by atoms with E-state index in [-0.39, 0.29) is 23.7 Å². The van der Waals surface area contributed by atoms with E-state index < -0.39 is 0 Å². The van der Waals surface area contributed by atoms with Crippen molar-refractivity contribution in [3.63, 3.8) is 0 Å². The van der Waals surface area contributed by atoms with Crippen LogP contribution in [0.1, 0.15) is 32.1 Å². The summed E-state index contributed by atoms with van der Waals surface area (Å²) >= 11 is 0. The molecule has 1 aromatic carbocycles. The Hall–Kier alpha value is -2.28. The zero-order valence-corrected chi connectivity index (χ0v) is 16.4. The highest BCUT2D eigenvalue weighted by atomic mass is 16.5. The normalized spacial score (nSPS) is 19.2. The average molecular weight is 378 g/mol. The van der Waals surface area contributed by atoms with Crippen molar-refractivity contribution in [1.82, 2.24) is 5.32 Å². The molecule has 1 aliphatic carbocycles. The molecule has 0 unspecified atom stereocenters. The van der Waals surface area contributed by atoms with Gasteiger partial charge in [-0.1, -0.05) is 0 Å². The number of carbonyl (C=O) groups is 2. The molecule has 7 heteroatoms. The van der Waals surface area contributed by atoms with E-state index in [0.717, 1.165) is 19.3 Å². The SMILES string of the molecule is COCCCNC(=O)C1CCC(C(=O)Nc2cc(OC)ccc2OC)CC1. The Morgan fingerprint density at radius 3 is 2.26 bits per heavy atom. The summed E-state index contributed by atoms with van der Waals surface area (Å²) in [5.41, 5.74) is 0.597. The first-order chi connectivity index (χ1) is 13.1. The molecule has 0 saturated heterocycles. The number of amides is 2. The van der Waals surface area contributed by atoms with Gasteiger partial charge < -0.3 is 24.8 Å². The first-order valence-corrected chi connectivity index (χ1v) is 9.38. The van der Waals surface area contributed by atoms with Gasteiger partial charge in [-0.3, -0.25) is 9.59 Å². The Morgan fingerprint density at radius 1 is 1.00 bits per heavy atom. The molecule has 1 saturated carbocycles. The molecule has 0 bridgehead atoms. The van der Waals surface area contributed by atoms with Crippen LogP contribution in [0.25, 0.3) is 0 Å². The van der Waals surface area contributed by atoms with Gasteiger partial charge in [0.25, 0.3) is 0 Å². The number of rotatable bonds is 9. The molecule has 150 valence electrons. The number of methoxy groups -OCH3 is 3. The molecule has 0 atom stereocenters. The summed E-state index contributed by atoms with van der Waals surface area (Å²) in [5.74, 6) is 1.18. The summed E-state index contributed by atoms with van der Waals surface area (Å²) in [5, 5.41) is 5.89. The topological polar surface area (TPSA) is 85.9 Å². The van der Waals surface area contributed by atoms with Crippen molar-refractivity contribution in [2.75, 3.05) is 39.8 Å². The van der Waals surface area contributed by atoms with Gasteiger partial charge in [-0.05, 0) is 44.2 Å². The lowest BCUT2D eigenvalue weighted by Crippen LogP contribution is -2.36. The fourth-order valence-corrected chi connectivity index (χ4v) is 3.34. The standard InChI is InChI=1S/C20H30N2O5/c1-25-12-4-11-21-19(23)14-5-7-15(8-6-14)20(24)22-17-13-16(26-2)9-10-18(17)27-3/h9-10,13-15H,4-8,11-12H2,1-3H3,(H,21,23)(H,22,24). The number of nitrogens with one attached hydrogen (secondary N) is 2. The number of hydrogen-bond acceptors (Lipinski definition) is 5. The van der Waals surface area contributed by atoms with E-state index in [1.807, 2.05) is 0 Å². The Balaban J connectivity index is 1.84. The maximum absolute atomic E-state index is 12.6. The summed E-state index contributed by atoms with van der Waals surface area (Å²) in [6.45, 7) is 1.27. The van der Waals surface area contributed by atoms with E-state index in [4.69, 9.17) is 14.2 Å². The Labute approximate surface area is 160 Å². The van der Waals surface area contributed by atoms with Gasteiger partial charge in [-0.15, -0.1) is 0 Å². The maximum Gasteiger partial charge on any atom is 0.227 e. The minimum absolute atomic E-state index is 0.0112. The van der Waals surface area contributed by atoms with Crippen LogP contribution in [0, 0.1) is 11.8 Å². The molecule has 1 aliphatic rings. The second kappa shape index (κ2) is 10.8. The molecular weight excluding hydrogens is 348 g/mol. The van der Waals surface area contributed by atoms with E-state index >= 15 is 0 Å². The smallest absolute Gasteiger partial charge is 0.227 e. The molecule has 2 N–H and O–H groups in total. The van der Waals surface area contributed by atoms with E-state index in [9.17, 15) is 9.59 Å². The predicted molar refractivity (Wildman–Crippen MR) is 103 cm³/mol. The van der Waals surface area contributed by atoms with Gasteiger partial charge in [-0.25, -0.2) is 0 Å². The summed E-state index contributed by atoms with van der Waals surface area (Å²) in [6.07, 6.45) is 3.66. The first kappa shape index (κ1) is 21.0. The van der Waals surface area contributed by atoms with Crippen LogP contribution in [0.2, 0.25) is 0 Å². The van der Waals surface area contributed by atoms with Crippen LogP contribution in [-0.4, -0.2) is 46.3 Å². The van der Waals surface area contributed by atoms with Crippen LogP contribution < -0.4 is 20.1 Å². The lowest BCUT2D eigenvalue weighted by Gasteiger charge is -2.27. The molecule has 0 aliphatic heterocycles. The van der Waals surface area contributed by atoms with Crippen molar-refractivity contribution in [2.45, 2.75) is 32.1 Å². The van der Waals surface area contributed by atoms with Crippen LogP contribution in [0.3, 0.4) is 0 Å². The Morgan fingerprint density at radius 2 is 1.67 bits per heavy atom. The molecule has 1 fully saturated rings. The minimum atomic E-state index is -0.0987. The zero-order valence-electron chi connectivity index (χ0n) is 16.4. The van der Waals surface area contributed by atoms with E-state index in [2.05, 4.69) is 10.6 Å².